The van der Waals surface area contributed by atoms with Crippen molar-refractivity contribution in [2.45, 2.75) is 32.4 Å². The maximum atomic E-state index is 13.1. The number of nitrogens with zero attached hydrogens (tertiary/aromatic N) is 1. The van der Waals surface area contributed by atoms with Crippen LogP contribution in [-0.2, 0) is 11.3 Å². The zero-order chi connectivity index (χ0) is 21.0. The van der Waals surface area contributed by atoms with Gasteiger partial charge < -0.3 is 24.4 Å². The highest BCUT2D eigenvalue weighted by atomic mass is 16.5. The van der Waals surface area contributed by atoms with E-state index in [1.54, 1.807) is 23.1 Å². The van der Waals surface area contributed by atoms with Gasteiger partial charge in [-0.15, -0.1) is 0 Å². The number of methoxy groups -OCH3 is 3. The van der Waals surface area contributed by atoms with E-state index >= 15 is 0 Å². The molecule has 0 saturated heterocycles. The number of hydrogen-bond acceptors (Lipinski definition) is 5. The van der Waals surface area contributed by atoms with Crippen LogP contribution >= 0.6 is 0 Å². The highest BCUT2D eigenvalue weighted by molar-refractivity contribution is 6.03. The molecule has 0 aromatic heterocycles. The molecule has 7 nitrogen and oxygen atoms in total. The summed E-state index contributed by atoms with van der Waals surface area (Å²) >= 11 is 0. The summed E-state index contributed by atoms with van der Waals surface area (Å²) in [7, 11) is 4.55. The zero-order valence-corrected chi connectivity index (χ0v) is 17.2. The number of anilines is 1. The van der Waals surface area contributed by atoms with E-state index in [0.29, 0.717) is 41.5 Å². The van der Waals surface area contributed by atoms with Crippen molar-refractivity contribution in [1.29, 1.82) is 0 Å². The summed E-state index contributed by atoms with van der Waals surface area (Å²) < 4.78 is 16.0. The van der Waals surface area contributed by atoms with Gasteiger partial charge in [-0.3, -0.25) is 9.59 Å². The molecular formula is C22H26N2O5. The topological polar surface area (TPSA) is 77.1 Å². The summed E-state index contributed by atoms with van der Waals surface area (Å²) in [6, 6.07) is 10.2. The predicted octanol–water partition coefficient (Wildman–Crippen LogP) is 3.48. The second kappa shape index (κ2) is 8.86. The molecule has 0 bridgehead atoms. The third-order valence-corrected chi connectivity index (χ3v) is 5.02. The van der Waals surface area contributed by atoms with Crippen LogP contribution in [0.4, 0.5) is 5.69 Å². The van der Waals surface area contributed by atoms with Crippen molar-refractivity contribution < 1.29 is 23.8 Å². The van der Waals surface area contributed by atoms with Crippen LogP contribution in [0.2, 0.25) is 0 Å². The predicted molar refractivity (Wildman–Crippen MR) is 110 cm³/mol. The van der Waals surface area contributed by atoms with E-state index in [1.807, 2.05) is 25.1 Å². The van der Waals surface area contributed by atoms with Crippen molar-refractivity contribution in [3.63, 3.8) is 0 Å². The van der Waals surface area contributed by atoms with Crippen LogP contribution in [-0.4, -0.2) is 44.1 Å². The molecule has 2 aromatic carbocycles. The quantitative estimate of drug-likeness (QED) is 0.737. The normalized spacial score (nSPS) is 13.7. The fraction of sp³-hybridized carbons (Fsp3) is 0.364. The van der Waals surface area contributed by atoms with Gasteiger partial charge in [0.2, 0.25) is 11.7 Å². The highest BCUT2D eigenvalue weighted by Gasteiger charge is 2.35. The standard InChI is InChI=1S/C22H26N2O5/c1-5-8-17(24-13-14-9-6-7-10-16(14)22(24)26)21(25)23-15-11-18(27-2)20(29-4)19(12-15)28-3/h6-7,9-12,17H,5,8,13H2,1-4H3,(H,23,25). The SMILES string of the molecule is CCCC(C(=O)Nc1cc(OC)c(OC)c(OC)c1)N1Cc2ccccc2C1=O. The van der Waals surface area contributed by atoms with Crippen LogP contribution in [0.3, 0.4) is 0 Å². The van der Waals surface area contributed by atoms with Gasteiger partial charge in [0, 0.05) is 29.9 Å². The Morgan fingerprint density at radius 2 is 1.76 bits per heavy atom. The summed E-state index contributed by atoms with van der Waals surface area (Å²) in [6.45, 7) is 2.43. The minimum atomic E-state index is -0.570. The number of carbonyl (C=O) groups is 2. The van der Waals surface area contributed by atoms with Gasteiger partial charge in [0.15, 0.2) is 11.5 Å². The number of ether oxygens (including phenoxy) is 3. The van der Waals surface area contributed by atoms with Crippen molar-refractivity contribution in [3.8, 4) is 17.2 Å². The molecule has 1 N–H and O–H groups in total. The third kappa shape index (κ3) is 3.99. The summed E-state index contributed by atoms with van der Waals surface area (Å²) in [6.07, 6.45) is 1.34. The third-order valence-electron chi connectivity index (χ3n) is 5.02. The molecule has 3 rings (SSSR count). The van der Waals surface area contributed by atoms with E-state index in [-0.39, 0.29) is 11.8 Å². The van der Waals surface area contributed by atoms with E-state index in [1.165, 1.54) is 21.3 Å². The van der Waals surface area contributed by atoms with Crippen molar-refractivity contribution in [2.24, 2.45) is 0 Å². The Balaban J connectivity index is 1.85. The Kier molecular flexibility index (Phi) is 6.26. The van der Waals surface area contributed by atoms with Gasteiger partial charge in [-0.1, -0.05) is 31.5 Å². The summed E-state index contributed by atoms with van der Waals surface area (Å²) in [5.41, 5.74) is 2.11. The molecule has 0 spiro atoms. The average molecular weight is 398 g/mol. The first-order valence-corrected chi connectivity index (χ1v) is 9.53. The molecule has 1 unspecified atom stereocenters. The highest BCUT2D eigenvalue weighted by Crippen LogP contribution is 2.40. The molecule has 7 heteroatoms. The van der Waals surface area contributed by atoms with Gasteiger partial charge in [-0.05, 0) is 18.1 Å². The van der Waals surface area contributed by atoms with Crippen molar-refractivity contribution in [2.75, 3.05) is 26.6 Å². The molecule has 154 valence electrons. The van der Waals surface area contributed by atoms with E-state index in [9.17, 15) is 9.59 Å². The van der Waals surface area contributed by atoms with Crippen LogP contribution in [0.25, 0.3) is 0 Å². The smallest absolute Gasteiger partial charge is 0.255 e. The second-order valence-electron chi connectivity index (χ2n) is 6.80. The van der Waals surface area contributed by atoms with Crippen LogP contribution < -0.4 is 19.5 Å². The van der Waals surface area contributed by atoms with Gasteiger partial charge in [0.05, 0.1) is 21.3 Å². The van der Waals surface area contributed by atoms with E-state index in [2.05, 4.69) is 5.32 Å². The first-order chi connectivity index (χ1) is 14.0. The van der Waals surface area contributed by atoms with Gasteiger partial charge in [-0.2, -0.15) is 0 Å². The largest absolute Gasteiger partial charge is 0.493 e. The Labute approximate surface area is 170 Å². The van der Waals surface area contributed by atoms with Crippen molar-refractivity contribution in [3.05, 3.63) is 47.5 Å². The molecule has 1 aliphatic rings. The van der Waals surface area contributed by atoms with Gasteiger partial charge in [0.1, 0.15) is 6.04 Å². The molecule has 0 aliphatic carbocycles. The number of amides is 2. The molecule has 1 aliphatic heterocycles. The van der Waals surface area contributed by atoms with E-state index in [4.69, 9.17) is 14.2 Å². The summed E-state index contributed by atoms with van der Waals surface area (Å²) in [5, 5.41) is 2.90. The monoisotopic (exact) mass is 398 g/mol. The maximum Gasteiger partial charge on any atom is 0.255 e. The van der Waals surface area contributed by atoms with Gasteiger partial charge in [-0.25, -0.2) is 0 Å². The number of nitrogens with one attached hydrogen (secondary N) is 1. The molecule has 1 heterocycles. The number of rotatable bonds is 8. The van der Waals surface area contributed by atoms with E-state index in [0.717, 1.165) is 12.0 Å². The lowest BCUT2D eigenvalue weighted by Gasteiger charge is -2.27. The fourth-order valence-corrected chi connectivity index (χ4v) is 3.61. The Morgan fingerprint density at radius 3 is 2.31 bits per heavy atom. The minimum absolute atomic E-state index is 0.112. The molecule has 0 radical (unpaired) electrons. The lowest BCUT2D eigenvalue weighted by atomic mass is 10.1. The van der Waals surface area contributed by atoms with Crippen LogP contribution in [0.5, 0.6) is 17.2 Å². The first-order valence-electron chi connectivity index (χ1n) is 9.53. The van der Waals surface area contributed by atoms with Crippen LogP contribution in [0.15, 0.2) is 36.4 Å². The Bertz CT molecular complexity index is 887. The van der Waals surface area contributed by atoms with Gasteiger partial charge >= 0.3 is 0 Å². The Morgan fingerprint density at radius 1 is 1.10 bits per heavy atom. The van der Waals surface area contributed by atoms with E-state index < -0.39 is 6.04 Å². The molecular weight excluding hydrogens is 372 g/mol. The summed E-state index contributed by atoms with van der Waals surface area (Å²) in [5.74, 6) is 0.974. The van der Waals surface area contributed by atoms with Crippen molar-refractivity contribution in [1.82, 2.24) is 4.90 Å². The second-order valence-corrected chi connectivity index (χ2v) is 6.80. The molecule has 1 atom stereocenters. The lowest BCUT2D eigenvalue weighted by molar-refractivity contribution is -0.120. The number of benzene rings is 2. The number of fused-ring (bicyclic) bond motifs is 1. The lowest BCUT2D eigenvalue weighted by Crippen LogP contribution is -2.44. The molecule has 2 aromatic rings. The zero-order valence-electron chi connectivity index (χ0n) is 17.2. The number of hydrogen-bond donors (Lipinski definition) is 1. The maximum absolute atomic E-state index is 13.1. The summed E-state index contributed by atoms with van der Waals surface area (Å²) in [4.78, 5) is 27.6. The fourth-order valence-electron chi connectivity index (χ4n) is 3.61. The van der Waals surface area contributed by atoms with Crippen LogP contribution in [0.1, 0.15) is 35.7 Å². The van der Waals surface area contributed by atoms with Crippen LogP contribution in [0, 0.1) is 0 Å². The molecule has 29 heavy (non-hydrogen) atoms. The Hall–Kier alpha value is -3.22. The minimum Gasteiger partial charge on any atom is -0.493 e. The molecule has 0 saturated carbocycles. The molecule has 2 amide bonds. The van der Waals surface area contributed by atoms with Gasteiger partial charge in [0.25, 0.3) is 5.91 Å². The number of carbonyl (C=O) groups excluding carboxylic acids is 2. The first kappa shape index (κ1) is 20.5. The molecule has 0 fully saturated rings. The average Bonchev–Trinajstić information content (AvgIpc) is 3.07. The van der Waals surface area contributed by atoms with Crippen molar-refractivity contribution >= 4 is 17.5 Å².